The zero-order valence-electron chi connectivity index (χ0n) is 23.7. The van der Waals surface area contributed by atoms with Crippen LogP contribution >= 0.6 is 14.9 Å². The Balaban J connectivity index is 1.18. The molecule has 7 heterocycles. The van der Waals surface area contributed by atoms with Gasteiger partial charge in [-0.05, 0) is 0 Å². The molecule has 4 radical (unpaired) electrons. The molecule has 3 fully saturated rings. The van der Waals surface area contributed by atoms with Crippen molar-refractivity contribution in [2.24, 2.45) is 7.05 Å². The highest BCUT2D eigenvalue weighted by Crippen LogP contribution is 2.54. The molecule has 4 aromatic rings. The topological polar surface area (TPSA) is 180 Å². The van der Waals surface area contributed by atoms with Crippen LogP contribution in [0.5, 0.6) is 0 Å². The number of rotatable bonds is 2. The molecule has 0 aliphatic carbocycles. The number of hydrogen-bond acceptors (Lipinski definition) is 12. The Bertz CT molecular complexity index is 2120. The Labute approximate surface area is 262 Å². The van der Waals surface area contributed by atoms with Crippen molar-refractivity contribution in [3.05, 3.63) is 57.4 Å². The summed E-state index contributed by atoms with van der Waals surface area (Å²) in [5, 5.41) is -0.969. The van der Waals surface area contributed by atoms with Crippen LogP contribution in [-0.2, 0) is 43.7 Å². The minimum absolute atomic E-state index is 0.292. The molecular formula is C23H20B2F4N6O10P2. The molecule has 7 rings (SSSR count). The van der Waals surface area contributed by atoms with E-state index in [4.69, 9.17) is 42.7 Å². The van der Waals surface area contributed by atoms with Crippen LogP contribution in [0.2, 0.25) is 0 Å². The van der Waals surface area contributed by atoms with E-state index in [9.17, 15) is 27.5 Å². The first-order valence-corrected chi connectivity index (χ1v) is 16.9. The van der Waals surface area contributed by atoms with Crippen molar-refractivity contribution in [3.8, 4) is 0 Å². The molecule has 1 N–H and O–H groups in total. The molecule has 0 spiro atoms. The molecule has 3 saturated heterocycles. The molecule has 3 aliphatic heterocycles. The van der Waals surface area contributed by atoms with E-state index < -0.39 is 111 Å². The number of ether oxygens (including phenoxy) is 2. The quantitative estimate of drug-likeness (QED) is 0.182. The third-order valence-corrected chi connectivity index (χ3v) is 9.97. The Kier molecular flexibility index (Phi) is 7.95. The van der Waals surface area contributed by atoms with Crippen LogP contribution in [0, 0.1) is 11.6 Å². The Morgan fingerprint density at radius 2 is 1.34 bits per heavy atom. The maximum absolute atomic E-state index is 16.0. The highest BCUT2D eigenvalue weighted by molar-refractivity contribution is 7.79. The van der Waals surface area contributed by atoms with E-state index >= 15 is 8.78 Å². The molecule has 4 unspecified atom stereocenters. The first-order chi connectivity index (χ1) is 22.2. The first kappa shape index (κ1) is 32.5. The summed E-state index contributed by atoms with van der Waals surface area (Å²) in [5.41, 5.74) is -2.23. The zero-order valence-corrected chi connectivity index (χ0v) is 25.5. The summed E-state index contributed by atoms with van der Waals surface area (Å²) in [7, 11) is 3.31. The van der Waals surface area contributed by atoms with Gasteiger partial charge in [-0.25, -0.2) is 27.5 Å². The fraction of sp³-hybridized carbons (Fsp3) is 0.478. The largest absolute Gasteiger partial charge is 0.346 e. The minimum Gasteiger partial charge on any atom is -0.346 e. The van der Waals surface area contributed by atoms with Gasteiger partial charge < -0.3 is 37.1 Å². The van der Waals surface area contributed by atoms with Crippen LogP contribution in [0.4, 0.5) is 17.6 Å². The second-order valence-corrected chi connectivity index (χ2v) is 14.0. The van der Waals surface area contributed by atoms with E-state index in [0.717, 1.165) is 38.7 Å². The van der Waals surface area contributed by atoms with E-state index in [2.05, 4.69) is 15.0 Å². The standard InChI is InChI=1S/C23H20B2F4N6O10P2/c1-33-7-32-19-13(21(33)37)9(27)3-35(19)23-15(29)17-11(43-23)5-41-46(24,38)44-16-10(4-40-47(25,39)45-17)42-22(14(16)28)34-2-8(26)12-18(34)30-6-31-20(12)36/h2-3,6-7,10-11,14-17,22-23H,4-5H2,1H3,(H,30,31,36)/t10-,11-,14?,15+,16+,17?,22-,23-,46?,47?/m1/s1. The molecule has 4 aromatic heterocycles. The number of aryl methyl sites for hydroxylation is 1. The van der Waals surface area contributed by atoms with Gasteiger partial charge in [-0.1, -0.05) is 0 Å². The van der Waals surface area contributed by atoms with Crippen LogP contribution in [0.25, 0.3) is 22.1 Å². The van der Waals surface area contributed by atoms with Crippen LogP contribution in [0.15, 0.2) is 34.6 Å². The second kappa shape index (κ2) is 11.5. The number of halogens is 4. The molecule has 0 saturated carbocycles. The number of nitrogens with zero attached hydrogens (tertiary/aromatic N) is 5. The van der Waals surface area contributed by atoms with Gasteiger partial charge in [0.2, 0.25) is 15.1 Å². The summed E-state index contributed by atoms with van der Waals surface area (Å²) < 4.78 is 123. The van der Waals surface area contributed by atoms with Gasteiger partial charge >= 0.3 is 0 Å². The Morgan fingerprint density at radius 1 is 0.851 bits per heavy atom. The number of fused-ring (bicyclic) bond motifs is 4. The van der Waals surface area contributed by atoms with Crippen LogP contribution < -0.4 is 11.1 Å². The lowest BCUT2D eigenvalue weighted by atomic mass is 10.1. The van der Waals surface area contributed by atoms with Crippen molar-refractivity contribution in [3.63, 3.8) is 0 Å². The third-order valence-electron chi connectivity index (χ3n) is 7.87. The lowest BCUT2D eigenvalue weighted by Gasteiger charge is -2.29. The van der Waals surface area contributed by atoms with Crippen LogP contribution in [0.3, 0.4) is 0 Å². The van der Waals surface area contributed by atoms with Gasteiger partial charge in [0.05, 0.1) is 25.9 Å². The maximum atomic E-state index is 16.0. The number of hydrogen-bond donors (Lipinski definition) is 1. The molecule has 3 aliphatic rings. The monoisotopic (exact) mass is 700 g/mol. The number of aromatic nitrogens is 6. The van der Waals surface area contributed by atoms with E-state index in [1.165, 1.54) is 7.05 Å². The van der Waals surface area contributed by atoms with Crippen molar-refractivity contribution in [2.45, 2.75) is 49.2 Å². The molecule has 24 heteroatoms. The van der Waals surface area contributed by atoms with Crippen LogP contribution in [-0.4, -0.2) is 93.8 Å². The molecule has 246 valence electrons. The average Bonchev–Trinajstić information content (AvgIpc) is 3.70. The molecule has 16 nitrogen and oxygen atoms in total. The Morgan fingerprint density at radius 3 is 1.87 bits per heavy atom. The number of alkyl halides is 2. The molecule has 0 bridgehead atoms. The molecule has 0 amide bonds. The van der Waals surface area contributed by atoms with E-state index in [0.29, 0.717) is 0 Å². The molecule has 10 atom stereocenters. The molecule has 0 aromatic carbocycles. The number of H-pyrrole nitrogens is 1. The zero-order chi connectivity index (χ0) is 33.6. The lowest BCUT2D eigenvalue weighted by Crippen LogP contribution is -2.37. The summed E-state index contributed by atoms with van der Waals surface area (Å²) in [6, 6.07) is 0. The summed E-state index contributed by atoms with van der Waals surface area (Å²) in [6.07, 6.45) is -11.6. The SMILES string of the molecule is [B]P1(=O)OC[C@H]2O[C@@H](n3cc(F)c4c(=O)[nH]cnc43)C(F)[C@H]2OP([B])(=O)OC[C@H]2O[C@@H](n3cc(F)c4c(=O)n(C)cnc43)[C@@H](F)C2O1. The average molecular weight is 700 g/mol. The second-order valence-electron chi connectivity index (χ2n) is 10.9. The maximum Gasteiger partial charge on any atom is 0.265 e. The summed E-state index contributed by atoms with van der Waals surface area (Å²) in [5.74, 6) is -2.09. The highest BCUT2D eigenvalue weighted by Gasteiger charge is 2.53. The van der Waals surface area contributed by atoms with Crippen molar-refractivity contribution in [1.29, 1.82) is 0 Å². The van der Waals surface area contributed by atoms with Gasteiger partial charge in [0, 0.05) is 19.4 Å². The van der Waals surface area contributed by atoms with Gasteiger partial charge in [-0.2, -0.15) is 0 Å². The predicted octanol–water partition coefficient (Wildman–Crippen LogP) is 1.59. The smallest absolute Gasteiger partial charge is 0.265 e. The van der Waals surface area contributed by atoms with E-state index in [1.807, 2.05) is 0 Å². The van der Waals surface area contributed by atoms with Crippen molar-refractivity contribution in [1.82, 2.24) is 28.7 Å². The lowest BCUT2D eigenvalue weighted by molar-refractivity contribution is -0.0547. The number of nitrogens with one attached hydrogen (secondary N) is 1. The van der Waals surface area contributed by atoms with Gasteiger partial charge in [-0.15, -0.1) is 0 Å². The van der Waals surface area contributed by atoms with Crippen molar-refractivity contribution < 1.29 is 54.3 Å². The van der Waals surface area contributed by atoms with Gasteiger partial charge in [0.15, 0.2) is 47.7 Å². The first-order valence-electron chi connectivity index (χ1n) is 13.6. The third kappa shape index (κ3) is 5.53. The summed E-state index contributed by atoms with van der Waals surface area (Å²) in [6.45, 7) is -1.77. The summed E-state index contributed by atoms with van der Waals surface area (Å²) >= 11 is 0. The highest BCUT2D eigenvalue weighted by atomic mass is 31.2. The van der Waals surface area contributed by atoms with Gasteiger partial charge in [-0.3, -0.25) is 27.9 Å². The fourth-order valence-corrected chi connectivity index (χ4v) is 7.74. The van der Waals surface area contributed by atoms with Crippen molar-refractivity contribution >= 4 is 52.1 Å². The normalized spacial score (nSPS) is 36.6. The van der Waals surface area contributed by atoms with E-state index in [1.54, 1.807) is 0 Å². The molecule has 47 heavy (non-hydrogen) atoms. The summed E-state index contributed by atoms with van der Waals surface area (Å²) in [4.78, 5) is 34.6. The van der Waals surface area contributed by atoms with Gasteiger partial charge in [0.25, 0.3) is 26.1 Å². The fourth-order valence-electron chi connectivity index (χ4n) is 5.73. The van der Waals surface area contributed by atoms with Crippen LogP contribution in [0.1, 0.15) is 12.5 Å². The van der Waals surface area contributed by atoms with Crippen molar-refractivity contribution in [2.75, 3.05) is 13.2 Å². The predicted molar refractivity (Wildman–Crippen MR) is 151 cm³/mol. The molecular weight excluding hydrogens is 680 g/mol. The Hall–Kier alpha value is -3.09. The minimum atomic E-state index is -4.77. The van der Waals surface area contributed by atoms with E-state index in [-0.39, 0.29) is 11.3 Å². The number of aromatic amines is 1. The van der Waals surface area contributed by atoms with Gasteiger partial charge in [0.1, 0.15) is 35.2 Å².